The van der Waals surface area contributed by atoms with Gasteiger partial charge in [0.1, 0.15) is 17.0 Å². The van der Waals surface area contributed by atoms with E-state index in [9.17, 15) is 4.79 Å². The number of hydrogen-bond acceptors (Lipinski definition) is 5. The predicted octanol–water partition coefficient (Wildman–Crippen LogP) is 3.38. The molecule has 0 atom stereocenters. The highest BCUT2D eigenvalue weighted by Gasteiger charge is 2.28. The number of fused-ring (bicyclic) bond motifs is 2. The summed E-state index contributed by atoms with van der Waals surface area (Å²) in [5, 5.41) is 0.919. The molecule has 3 aromatic rings. The van der Waals surface area contributed by atoms with Crippen LogP contribution in [0.4, 0.5) is 5.69 Å². The third kappa shape index (κ3) is 2.12. The summed E-state index contributed by atoms with van der Waals surface area (Å²) in [7, 11) is 0. The van der Waals surface area contributed by atoms with Crippen LogP contribution in [0.2, 0.25) is 5.02 Å². The summed E-state index contributed by atoms with van der Waals surface area (Å²) in [6, 6.07) is 9.02. The van der Waals surface area contributed by atoms with Crippen molar-refractivity contribution in [2.45, 2.75) is 0 Å². The van der Waals surface area contributed by atoms with E-state index >= 15 is 0 Å². The minimum atomic E-state index is -0.158. The van der Waals surface area contributed by atoms with Gasteiger partial charge in [0.2, 0.25) is 0 Å². The third-order valence-electron chi connectivity index (χ3n) is 3.39. The number of hydrogen-bond donors (Lipinski definition) is 0. The number of thiazole rings is 1. The molecule has 1 amide bonds. The first-order valence-electron chi connectivity index (χ1n) is 6.69. The van der Waals surface area contributed by atoms with Gasteiger partial charge in [-0.2, -0.15) is 0 Å². The Morgan fingerprint density at radius 3 is 3.09 bits per heavy atom. The van der Waals surface area contributed by atoms with Gasteiger partial charge in [-0.05, 0) is 24.3 Å². The lowest BCUT2D eigenvalue weighted by Gasteiger charge is -2.29. The monoisotopic (exact) mass is 331 g/mol. The molecule has 0 unspecified atom stereocenters. The summed E-state index contributed by atoms with van der Waals surface area (Å²) in [6.45, 7) is 0.876. The van der Waals surface area contributed by atoms with Gasteiger partial charge in [-0.15, -0.1) is 0 Å². The minimum Gasteiger partial charge on any atom is -0.488 e. The second kappa shape index (κ2) is 5.23. The molecule has 0 spiro atoms. The molecule has 4 rings (SSSR count). The minimum absolute atomic E-state index is 0.158. The first kappa shape index (κ1) is 13.5. The summed E-state index contributed by atoms with van der Waals surface area (Å²) in [4.78, 5) is 23.8. The van der Waals surface area contributed by atoms with Crippen molar-refractivity contribution in [1.29, 1.82) is 0 Å². The Bertz CT molecular complexity index is 847. The van der Waals surface area contributed by atoms with Gasteiger partial charge in [-0.1, -0.05) is 29.0 Å². The van der Waals surface area contributed by atoms with Gasteiger partial charge in [0.05, 0.1) is 17.3 Å². The van der Waals surface area contributed by atoms with E-state index in [-0.39, 0.29) is 5.91 Å². The molecule has 0 fully saturated rings. The lowest BCUT2D eigenvalue weighted by Crippen LogP contribution is -2.38. The average Bonchev–Trinajstić information content (AvgIpc) is 2.98. The highest BCUT2D eigenvalue weighted by Crippen LogP contribution is 2.38. The standard InChI is InChI=1S/C15H10ClN3O2S/c16-9-3-1-5-11-12(9)21-8-7-19(11)15(20)14-18-10-4-2-6-17-13(10)22-14/h1-6H,7-8H2. The van der Waals surface area contributed by atoms with Crippen molar-refractivity contribution in [2.24, 2.45) is 0 Å². The summed E-state index contributed by atoms with van der Waals surface area (Å²) >= 11 is 7.43. The molecule has 1 aliphatic heterocycles. The number of aromatic nitrogens is 2. The summed E-state index contributed by atoms with van der Waals surface area (Å²) < 4.78 is 5.57. The van der Waals surface area contributed by atoms with Crippen LogP contribution in [-0.4, -0.2) is 29.0 Å². The van der Waals surface area contributed by atoms with Gasteiger partial charge in [0.25, 0.3) is 5.91 Å². The third-order valence-corrected chi connectivity index (χ3v) is 4.66. The van der Waals surface area contributed by atoms with E-state index in [2.05, 4.69) is 9.97 Å². The lowest BCUT2D eigenvalue weighted by molar-refractivity contribution is 0.0976. The first-order valence-corrected chi connectivity index (χ1v) is 7.88. The quantitative estimate of drug-likeness (QED) is 0.686. The molecular weight excluding hydrogens is 322 g/mol. The SMILES string of the molecule is O=C(c1nc2cccnc2s1)N1CCOc2c(Cl)cccc21. The van der Waals surface area contributed by atoms with Gasteiger partial charge in [0, 0.05) is 6.20 Å². The molecule has 0 N–H and O–H groups in total. The molecule has 5 nitrogen and oxygen atoms in total. The van der Waals surface area contributed by atoms with Crippen LogP contribution in [0.1, 0.15) is 9.80 Å². The van der Waals surface area contributed by atoms with Crippen molar-refractivity contribution >= 4 is 44.9 Å². The van der Waals surface area contributed by atoms with Crippen LogP contribution in [0, 0.1) is 0 Å². The molecule has 0 bridgehead atoms. The zero-order valence-electron chi connectivity index (χ0n) is 11.3. The number of benzene rings is 1. The summed E-state index contributed by atoms with van der Waals surface area (Å²) in [5.41, 5.74) is 1.41. The molecule has 1 aromatic carbocycles. The Morgan fingerprint density at radius 2 is 2.23 bits per heavy atom. The fraction of sp³-hybridized carbons (Fsp3) is 0.133. The molecular formula is C15H10ClN3O2S. The predicted molar refractivity (Wildman–Crippen MR) is 86.0 cm³/mol. The highest BCUT2D eigenvalue weighted by atomic mass is 35.5. The number of para-hydroxylation sites is 1. The van der Waals surface area contributed by atoms with Crippen molar-refractivity contribution in [3.8, 4) is 5.75 Å². The molecule has 0 saturated heterocycles. The van der Waals surface area contributed by atoms with Crippen LogP contribution in [0.3, 0.4) is 0 Å². The Morgan fingerprint density at radius 1 is 1.32 bits per heavy atom. The van der Waals surface area contributed by atoms with E-state index in [1.165, 1.54) is 11.3 Å². The average molecular weight is 332 g/mol. The number of ether oxygens (including phenoxy) is 1. The topological polar surface area (TPSA) is 55.3 Å². The number of rotatable bonds is 1. The second-order valence-corrected chi connectivity index (χ2v) is 6.12. The molecule has 2 aromatic heterocycles. The number of carbonyl (C=O) groups is 1. The van der Waals surface area contributed by atoms with Crippen LogP contribution in [0.5, 0.6) is 5.75 Å². The van der Waals surface area contributed by atoms with E-state index in [0.717, 1.165) is 10.3 Å². The number of carbonyl (C=O) groups excluding carboxylic acids is 1. The molecule has 0 saturated carbocycles. The Hall–Kier alpha value is -2.18. The lowest BCUT2D eigenvalue weighted by atomic mass is 10.2. The number of amides is 1. The van der Waals surface area contributed by atoms with Crippen LogP contribution in [0.25, 0.3) is 10.3 Å². The fourth-order valence-electron chi connectivity index (χ4n) is 2.40. The highest BCUT2D eigenvalue weighted by molar-refractivity contribution is 7.20. The first-order chi connectivity index (χ1) is 10.7. The molecule has 110 valence electrons. The maximum Gasteiger partial charge on any atom is 0.287 e. The Balaban J connectivity index is 1.76. The Labute approximate surface area is 135 Å². The molecule has 22 heavy (non-hydrogen) atoms. The maximum absolute atomic E-state index is 12.8. The maximum atomic E-state index is 12.8. The van der Waals surface area contributed by atoms with Gasteiger partial charge in [-0.25, -0.2) is 9.97 Å². The van der Waals surface area contributed by atoms with Crippen LogP contribution < -0.4 is 9.64 Å². The van der Waals surface area contributed by atoms with E-state index in [0.29, 0.717) is 34.6 Å². The molecule has 3 heterocycles. The van der Waals surface area contributed by atoms with Crippen LogP contribution >= 0.6 is 22.9 Å². The number of anilines is 1. The van der Waals surface area contributed by atoms with Gasteiger partial charge < -0.3 is 4.74 Å². The van der Waals surface area contributed by atoms with Crippen molar-refractivity contribution in [3.05, 3.63) is 46.6 Å². The normalized spacial score (nSPS) is 13.8. The van der Waals surface area contributed by atoms with Crippen molar-refractivity contribution in [3.63, 3.8) is 0 Å². The van der Waals surface area contributed by atoms with E-state index < -0.39 is 0 Å². The Kier molecular flexibility index (Phi) is 3.20. The smallest absolute Gasteiger partial charge is 0.287 e. The number of nitrogens with zero attached hydrogens (tertiary/aromatic N) is 3. The molecule has 7 heteroatoms. The van der Waals surface area contributed by atoms with Gasteiger partial charge in [-0.3, -0.25) is 9.69 Å². The van der Waals surface area contributed by atoms with Crippen molar-refractivity contribution < 1.29 is 9.53 Å². The van der Waals surface area contributed by atoms with Crippen molar-refractivity contribution in [1.82, 2.24) is 9.97 Å². The number of halogens is 1. The zero-order chi connectivity index (χ0) is 15.1. The van der Waals surface area contributed by atoms with E-state index in [4.69, 9.17) is 16.3 Å². The zero-order valence-corrected chi connectivity index (χ0v) is 12.9. The van der Waals surface area contributed by atoms with Gasteiger partial charge in [0.15, 0.2) is 10.8 Å². The van der Waals surface area contributed by atoms with Gasteiger partial charge >= 0.3 is 0 Å². The fourth-order valence-corrected chi connectivity index (χ4v) is 3.48. The largest absolute Gasteiger partial charge is 0.488 e. The van der Waals surface area contributed by atoms with Crippen LogP contribution in [0.15, 0.2) is 36.5 Å². The molecule has 0 radical (unpaired) electrons. The van der Waals surface area contributed by atoms with E-state index in [1.807, 2.05) is 12.1 Å². The molecule has 0 aliphatic carbocycles. The molecule has 1 aliphatic rings. The number of pyridine rings is 1. The van der Waals surface area contributed by atoms with E-state index in [1.54, 1.807) is 29.3 Å². The van der Waals surface area contributed by atoms with Crippen molar-refractivity contribution in [2.75, 3.05) is 18.1 Å². The van der Waals surface area contributed by atoms with Crippen LogP contribution in [-0.2, 0) is 0 Å². The second-order valence-electron chi connectivity index (χ2n) is 4.74. The summed E-state index contributed by atoms with van der Waals surface area (Å²) in [5.74, 6) is 0.387. The summed E-state index contributed by atoms with van der Waals surface area (Å²) in [6.07, 6.45) is 1.69.